The van der Waals surface area contributed by atoms with E-state index in [9.17, 15) is 4.79 Å². The SMILES string of the molecule is CCCCCCCC(C)(NCCN=[N+]=[N-])C(N)=O. The standard InChI is InChI=1S/C12H25N5O/c1-3-4-5-6-7-8-12(2,11(13)18)15-9-10-16-17-14/h15H,3-10H2,1-2H3,(H2,13,18). The van der Waals surface area contributed by atoms with Crippen LogP contribution in [0, 0.1) is 0 Å². The molecular formula is C12H25N5O. The minimum absolute atomic E-state index is 0.329. The molecule has 0 saturated carbocycles. The predicted molar refractivity (Wildman–Crippen MR) is 73.0 cm³/mol. The third-order valence-corrected chi connectivity index (χ3v) is 3.11. The monoisotopic (exact) mass is 255 g/mol. The van der Waals surface area contributed by atoms with Crippen LogP contribution in [-0.4, -0.2) is 24.5 Å². The van der Waals surface area contributed by atoms with Gasteiger partial charge in [-0.2, -0.15) is 0 Å². The van der Waals surface area contributed by atoms with Crippen molar-refractivity contribution in [1.82, 2.24) is 5.32 Å². The van der Waals surface area contributed by atoms with Gasteiger partial charge in [-0.15, -0.1) is 0 Å². The number of amides is 1. The highest BCUT2D eigenvalue weighted by Crippen LogP contribution is 2.15. The molecule has 6 nitrogen and oxygen atoms in total. The van der Waals surface area contributed by atoms with Crippen molar-refractivity contribution in [2.24, 2.45) is 10.8 Å². The smallest absolute Gasteiger partial charge is 0.237 e. The first-order valence-corrected chi connectivity index (χ1v) is 6.62. The number of hydrogen-bond donors (Lipinski definition) is 2. The van der Waals surface area contributed by atoms with Crippen molar-refractivity contribution in [3.8, 4) is 0 Å². The van der Waals surface area contributed by atoms with Gasteiger partial charge in [0.15, 0.2) is 0 Å². The van der Waals surface area contributed by atoms with Crippen molar-refractivity contribution in [1.29, 1.82) is 0 Å². The lowest BCUT2D eigenvalue weighted by Gasteiger charge is -2.27. The fourth-order valence-corrected chi connectivity index (χ4v) is 1.81. The number of carbonyl (C=O) groups excluding carboxylic acids is 1. The Morgan fingerprint density at radius 1 is 1.39 bits per heavy atom. The van der Waals surface area contributed by atoms with Gasteiger partial charge in [-0.05, 0) is 18.9 Å². The van der Waals surface area contributed by atoms with Crippen molar-refractivity contribution in [3.63, 3.8) is 0 Å². The molecule has 0 bridgehead atoms. The molecule has 0 aromatic heterocycles. The maximum atomic E-state index is 11.5. The third-order valence-electron chi connectivity index (χ3n) is 3.11. The summed E-state index contributed by atoms with van der Waals surface area (Å²) in [6.45, 7) is 4.78. The van der Waals surface area contributed by atoms with Gasteiger partial charge >= 0.3 is 0 Å². The minimum Gasteiger partial charge on any atom is -0.368 e. The molecule has 1 atom stereocenters. The molecule has 0 aromatic carbocycles. The summed E-state index contributed by atoms with van der Waals surface area (Å²) in [6.07, 6.45) is 6.46. The first-order chi connectivity index (χ1) is 8.56. The molecule has 18 heavy (non-hydrogen) atoms. The largest absolute Gasteiger partial charge is 0.368 e. The predicted octanol–water partition coefficient (Wildman–Crippen LogP) is 2.49. The van der Waals surface area contributed by atoms with E-state index in [1.165, 1.54) is 19.3 Å². The van der Waals surface area contributed by atoms with E-state index in [-0.39, 0.29) is 5.91 Å². The van der Waals surface area contributed by atoms with Crippen LogP contribution >= 0.6 is 0 Å². The summed E-state index contributed by atoms with van der Waals surface area (Å²) in [5.41, 5.74) is 12.9. The fraction of sp³-hybridized carbons (Fsp3) is 0.917. The number of nitrogens with one attached hydrogen (secondary N) is 1. The zero-order valence-electron chi connectivity index (χ0n) is 11.5. The zero-order valence-corrected chi connectivity index (χ0v) is 11.5. The van der Waals surface area contributed by atoms with Gasteiger partial charge in [-0.3, -0.25) is 4.79 Å². The summed E-state index contributed by atoms with van der Waals surface area (Å²) in [7, 11) is 0. The Bertz CT molecular complexity index is 288. The van der Waals surface area contributed by atoms with Crippen molar-refractivity contribution in [3.05, 3.63) is 10.4 Å². The van der Waals surface area contributed by atoms with E-state index < -0.39 is 5.54 Å². The van der Waals surface area contributed by atoms with Gasteiger partial charge in [0.25, 0.3) is 0 Å². The molecule has 0 saturated heterocycles. The van der Waals surface area contributed by atoms with Crippen LogP contribution in [0.15, 0.2) is 5.11 Å². The van der Waals surface area contributed by atoms with E-state index in [0.29, 0.717) is 13.1 Å². The second-order valence-corrected chi connectivity index (χ2v) is 4.74. The number of rotatable bonds is 11. The minimum atomic E-state index is -0.697. The summed E-state index contributed by atoms with van der Waals surface area (Å²) in [4.78, 5) is 14.1. The molecule has 3 N–H and O–H groups in total. The Morgan fingerprint density at radius 3 is 2.61 bits per heavy atom. The van der Waals surface area contributed by atoms with Crippen molar-refractivity contribution in [2.75, 3.05) is 13.1 Å². The number of carbonyl (C=O) groups is 1. The number of nitrogens with zero attached hydrogens (tertiary/aromatic N) is 3. The van der Waals surface area contributed by atoms with Gasteiger partial charge in [0, 0.05) is 18.0 Å². The average molecular weight is 255 g/mol. The van der Waals surface area contributed by atoms with Crippen LogP contribution in [0.5, 0.6) is 0 Å². The number of unbranched alkanes of at least 4 members (excludes halogenated alkanes) is 4. The van der Waals surface area contributed by atoms with Crippen LogP contribution in [0.1, 0.15) is 52.4 Å². The van der Waals surface area contributed by atoms with E-state index in [0.717, 1.165) is 19.3 Å². The van der Waals surface area contributed by atoms with Crippen LogP contribution < -0.4 is 11.1 Å². The first kappa shape index (κ1) is 16.7. The molecule has 0 aromatic rings. The highest BCUT2D eigenvalue weighted by Gasteiger charge is 2.29. The average Bonchev–Trinajstić information content (AvgIpc) is 2.34. The molecule has 0 aliphatic carbocycles. The number of hydrogen-bond acceptors (Lipinski definition) is 3. The molecule has 0 fully saturated rings. The van der Waals surface area contributed by atoms with Gasteiger partial charge in [0.1, 0.15) is 0 Å². The quantitative estimate of drug-likeness (QED) is 0.256. The molecule has 0 aliphatic rings. The zero-order chi connectivity index (χ0) is 13.9. The summed E-state index contributed by atoms with van der Waals surface area (Å²) < 4.78 is 0. The highest BCUT2D eigenvalue weighted by molar-refractivity contribution is 5.84. The van der Waals surface area contributed by atoms with E-state index >= 15 is 0 Å². The van der Waals surface area contributed by atoms with E-state index in [2.05, 4.69) is 22.3 Å². The normalized spacial score (nSPS) is 13.7. The topological polar surface area (TPSA) is 104 Å². The Balaban J connectivity index is 4.01. The molecule has 0 spiro atoms. The lowest BCUT2D eigenvalue weighted by Crippen LogP contribution is -2.53. The summed E-state index contributed by atoms with van der Waals surface area (Å²) in [5.74, 6) is -0.348. The summed E-state index contributed by atoms with van der Waals surface area (Å²) in [5, 5.41) is 6.50. The van der Waals surface area contributed by atoms with Crippen molar-refractivity contribution >= 4 is 5.91 Å². The molecule has 0 aliphatic heterocycles. The van der Waals surface area contributed by atoms with Crippen LogP contribution in [0.4, 0.5) is 0 Å². The van der Waals surface area contributed by atoms with Crippen molar-refractivity contribution < 1.29 is 4.79 Å². The molecule has 0 radical (unpaired) electrons. The van der Waals surface area contributed by atoms with E-state index in [1.807, 2.05) is 6.92 Å². The van der Waals surface area contributed by atoms with Crippen molar-refractivity contribution in [2.45, 2.75) is 57.9 Å². The molecule has 0 rings (SSSR count). The third kappa shape index (κ3) is 7.14. The number of primary amides is 1. The Kier molecular flexibility index (Phi) is 9.06. The lowest BCUT2D eigenvalue weighted by atomic mass is 9.93. The molecule has 104 valence electrons. The lowest BCUT2D eigenvalue weighted by molar-refractivity contribution is -0.124. The van der Waals surface area contributed by atoms with Crippen LogP contribution in [0.3, 0.4) is 0 Å². The highest BCUT2D eigenvalue weighted by atomic mass is 16.1. The first-order valence-electron chi connectivity index (χ1n) is 6.62. The van der Waals surface area contributed by atoms with E-state index in [1.54, 1.807) is 0 Å². The molecule has 1 amide bonds. The van der Waals surface area contributed by atoms with E-state index in [4.69, 9.17) is 11.3 Å². The number of azide groups is 1. The Morgan fingerprint density at radius 2 is 2.06 bits per heavy atom. The van der Waals surface area contributed by atoms with Crippen LogP contribution in [0.25, 0.3) is 10.4 Å². The molecular weight excluding hydrogens is 230 g/mol. The Labute approximate surface area is 109 Å². The fourth-order valence-electron chi connectivity index (χ4n) is 1.81. The number of nitrogens with two attached hydrogens (primary N) is 1. The second kappa shape index (κ2) is 9.74. The van der Waals surface area contributed by atoms with Crippen LogP contribution in [-0.2, 0) is 4.79 Å². The van der Waals surface area contributed by atoms with Gasteiger partial charge < -0.3 is 11.1 Å². The van der Waals surface area contributed by atoms with Gasteiger partial charge in [0.05, 0.1) is 5.54 Å². The van der Waals surface area contributed by atoms with Gasteiger partial charge in [-0.25, -0.2) is 0 Å². The van der Waals surface area contributed by atoms with Gasteiger partial charge in [0.2, 0.25) is 5.91 Å². The molecule has 6 heteroatoms. The molecule has 0 heterocycles. The molecule has 1 unspecified atom stereocenters. The maximum Gasteiger partial charge on any atom is 0.237 e. The van der Waals surface area contributed by atoms with Crippen LogP contribution in [0.2, 0.25) is 0 Å². The van der Waals surface area contributed by atoms with Gasteiger partial charge in [-0.1, -0.05) is 44.1 Å². The summed E-state index contributed by atoms with van der Waals surface area (Å²) >= 11 is 0. The Hall–Kier alpha value is -1.26. The summed E-state index contributed by atoms with van der Waals surface area (Å²) in [6, 6.07) is 0. The second-order valence-electron chi connectivity index (χ2n) is 4.74. The maximum absolute atomic E-state index is 11.5.